The van der Waals surface area contributed by atoms with Crippen LogP contribution in [-0.4, -0.2) is 38.4 Å². The van der Waals surface area contributed by atoms with Crippen molar-refractivity contribution in [2.75, 3.05) is 27.4 Å². The lowest BCUT2D eigenvalue weighted by atomic mass is 10.1. The van der Waals surface area contributed by atoms with Gasteiger partial charge in [0.15, 0.2) is 23.0 Å². The molecule has 0 aliphatic carbocycles. The van der Waals surface area contributed by atoms with Gasteiger partial charge in [-0.25, -0.2) is 4.98 Å². The number of aromatic nitrogens is 1. The van der Waals surface area contributed by atoms with E-state index in [1.165, 1.54) is 11.3 Å². The number of ether oxygens (including phenoxy) is 5. The Labute approximate surface area is 188 Å². The number of esters is 1. The van der Waals surface area contributed by atoms with Gasteiger partial charge in [0, 0.05) is 10.9 Å². The van der Waals surface area contributed by atoms with Crippen LogP contribution in [0.25, 0.3) is 10.6 Å². The fraction of sp³-hybridized carbons (Fsp3) is 0.273. The first-order chi connectivity index (χ1) is 15.1. The smallest absolute Gasteiger partial charge is 0.310 e. The van der Waals surface area contributed by atoms with Crippen molar-refractivity contribution in [3.8, 4) is 33.6 Å². The second-order valence-electron chi connectivity index (χ2n) is 6.65. The number of nitrogens with zero attached hydrogens (tertiary/aromatic N) is 1. The summed E-state index contributed by atoms with van der Waals surface area (Å²) in [5.74, 6) is 1.95. The monoisotopic (exact) mass is 461 g/mol. The van der Waals surface area contributed by atoms with Crippen molar-refractivity contribution < 1.29 is 28.5 Å². The highest BCUT2D eigenvalue weighted by atomic mass is 35.5. The highest BCUT2D eigenvalue weighted by molar-refractivity contribution is 7.13. The largest absolute Gasteiger partial charge is 0.493 e. The van der Waals surface area contributed by atoms with Crippen LogP contribution in [0.3, 0.4) is 0 Å². The predicted molar refractivity (Wildman–Crippen MR) is 117 cm³/mol. The van der Waals surface area contributed by atoms with E-state index in [1.54, 1.807) is 26.4 Å². The molecule has 162 valence electrons. The molecule has 0 spiro atoms. The molecule has 0 bridgehead atoms. The minimum Gasteiger partial charge on any atom is -0.493 e. The summed E-state index contributed by atoms with van der Waals surface area (Å²) in [6.07, 6.45) is 0.0725. The lowest BCUT2D eigenvalue weighted by Crippen LogP contribution is -2.16. The third-order valence-corrected chi connectivity index (χ3v) is 5.79. The highest BCUT2D eigenvalue weighted by Crippen LogP contribution is 2.38. The number of rotatable bonds is 7. The summed E-state index contributed by atoms with van der Waals surface area (Å²) in [5, 5.41) is 3.07. The van der Waals surface area contributed by atoms with Crippen LogP contribution in [0.2, 0.25) is 5.02 Å². The summed E-state index contributed by atoms with van der Waals surface area (Å²) in [5.41, 5.74) is 2.26. The summed E-state index contributed by atoms with van der Waals surface area (Å²) in [4.78, 5) is 16.9. The molecule has 1 aliphatic rings. The van der Waals surface area contributed by atoms with Gasteiger partial charge < -0.3 is 23.7 Å². The summed E-state index contributed by atoms with van der Waals surface area (Å²) in [6.45, 7) is 0.984. The number of carbonyl (C=O) groups excluding carboxylic acids is 1. The van der Waals surface area contributed by atoms with Gasteiger partial charge in [0.2, 0.25) is 0 Å². The molecular formula is C22H20ClNO6S. The molecule has 9 heteroatoms. The Kier molecular flexibility index (Phi) is 6.48. The molecule has 0 saturated carbocycles. The molecular weight excluding hydrogens is 442 g/mol. The molecule has 7 nitrogen and oxygen atoms in total. The van der Waals surface area contributed by atoms with Gasteiger partial charge in [0.05, 0.1) is 31.4 Å². The van der Waals surface area contributed by atoms with Crippen molar-refractivity contribution in [3.05, 3.63) is 52.0 Å². The Bertz CT molecular complexity index is 1100. The maximum atomic E-state index is 12.3. The van der Waals surface area contributed by atoms with E-state index in [0.717, 1.165) is 10.6 Å². The molecule has 0 N–H and O–H groups in total. The molecule has 31 heavy (non-hydrogen) atoms. The Hall–Kier alpha value is -2.97. The quantitative estimate of drug-likeness (QED) is 0.478. The number of halogens is 1. The average Bonchev–Trinajstić information content (AvgIpc) is 3.26. The number of methoxy groups -OCH3 is 2. The zero-order chi connectivity index (χ0) is 21.8. The Balaban J connectivity index is 1.38. The van der Waals surface area contributed by atoms with Crippen molar-refractivity contribution in [2.24, 2.45) is 0 Å². The minimum absolute atomic E-state index is 0.0725. The van der Waals surface area contributed by atoms with Crippen molar-refractivity contribution in [3.63, 3.8) is 0 Å². The molecule has 0 unspecified atom stereocenters. The van der Waals surface area contributed by atoms with E-state index in [9.17, 15) is 4.79 Å². The maximum absolute atomic E-state index is 12.3. The number of hydrogen-bond acceptors (Lipinski definition) is 8. The van der Waals surface area contributed by atoms with E-state index >= 15 is 0 Å². The van der Waals surface area contributed by atoms with Crippen LogP contribution in [0.4, 0.5) is 0 Å². The molecule has 2 aromatic carbocycles. The van der Waals surface area contributed by atoms with E-state index in [1.807, 2.05) is 23.6 Å². The molecule has 2 heterocycles. The van der Waals surface area contributed by atoms with Crippen molar-refractivity contribution in [1.29, 1.82) is 0 Å². The summed E-state index contributed by atoms with van der Waals surface area (Å²) >= 11 is 7.68. The lowest BCUT2D eigenvalue weighted by Gasteiger charge is -2.20. The van der Waals surface area contributed by atoms with E-state index in [4.69, 9.17) is 35.3 Å². The number of hydrogen-bond donors (Lipinski definition) is 0. The van der Waals surface area contributed by atoms with Crippen LogP contribution in [0.5, 0.6) is 23.0 Å². The van der Waals surface area contributed by atoms with Crippen LogP contribution in [-0.2, 0) is 22.6 Å². The van der Waals surface area contributed by atoms with Crippen LogP contribution >= 0.6 is 22.9 Å². The van der Waals surface area contributed by atoms with Gasteiger partial charge in [-0.2, -0.15) is 0 Å². The molecule has 3 aromatic rings. The first-order valence-electron chi connectivity index (χ1n) is 9.48. The van der Waals surface area contributed by atoms with Gasteiger partial charge in [0.1, 0.15) is 24.8 Å². The minimum atomic E-state index is -0.381. The molecule has 0 radical (unpaired) electrons. The first-order valence-corrected chi connectivity index (χ1v) is 10.7. The van der Waals surface area contributed by atoms with Crippen LogP contribution in [0, 0.1) is 0 Å². The highest BCUT2D eigenvalue weighted by Gasteiger charge is 2.18. The van der Waals surface area contributed by atoms with Crippen LogP contribution in [0.15, 0.2) is 35.7 Å². The van der Waals surface area contributed by atoms with Crippen molar-refractivity contribution >= 4 is 28.9 Å². The lowest BCUT2D eigenvalue weighted by molar-refractivity contribution is -0.144. The number of thiazole rings is 1. The number of carbonyl (C=O) groups is 1. The molecule has 0 saturated heterocycles. The van der Waals surface area contributed by atoms with Crippen LogP contribution in [0.1, 0.15) is 11.3 Å². The van der Waals surface area contributed by atoms with Gasteiger partial charge in [-0.1, -0.05) is 11.6 Å². The first kappa shape index (κ1) is 21.3. The third-order valence-electron chi connectivity index (χ3n) is 4.57. The Morgan fingerprint density at radius 3 is 2.74 bits per heavy atom. The SMILES string of the molecule is COc1ccc(-c2nc(COC(=O)Cc3cc(Cl)c4c(c3)OCCO4)cs2)cc1OC. The van der Waals surface area contributed by atoms with Gasteiger partial charge in [-0.05, 0) is 35.9 Å². The predicted octanol–water partition coefficient (Wildman–Crippen LogP) is 4.54. The molecule has 1 aromatic heterocycles. The number of fused-ring (bicyclic) bond motifs is 1. The van der Waals surface area contributed by atoms with E-state index in [0.29, 0.717) is 52.5 Å². The number of benzene rings is 2. The van der Waals surface area contributed by atoms with Gasteiger partial charge in [0.25, 0.3) is 0 Å². The Morgan fingerprint density at radius 2 is 1.94 bits per heavy atom. The normalized spacial score (nSPS) is 12.4. The molecule has 4 rings (SSSR count). The second kappa shape index (κ2) is 9.45. The van der Waals surface area contributed by atoms with Crippen molar-refractivity contribution in [1.82, 2.24) is 4.98 Å². The fourth-order valence-electron chi connectivity index (χ4n) is 3.11. The average molecular weight is 462 g/mol. The van der Waals surface area contributed by atoms with Crippen LogP contribution < -0.4 is 18.9 Å². The van der Waals surface area contributed by atoms with E-state index < -0.39 is 0 Å². The topological polar surface area (TPSA) is 76.1 Å². The zero-order valence-corrected chi connectivity index (χ0v) is 18.5. The standard InChI is InChI=1S/C22H20ClNO6S/c1-26-17-4-3-14(10-18(17)27-2)22-24-15(12-31-22)11-30-20(25)9-13-7-16(23)21-19(8-13)28-5-6-29-21/h3-4,7-8,10,12H,5-6,9,11H2,1-2H3. The third kappa shape index (κ3) is 4.86. The summed E-state index contributed by atoms with van der Waals surface area (Å²) < 4.78 is 27.0. The molecule has 0 amide bonds. The van der Waals surface area contributed by atoms with Crippen molar-refractivity contribution in [2.45, 2.75) is 13.0 Å². The van der Waals surface area contributed by atoms with E-state index in [-0.39, 0.29) is 19.0 Å². The summed E-state index contributed by atoms with van der Waals surface area (Å²) in [7, 11) is 3.18. The van der Waals surface area contributed by atoms with Gasteiger partial charge >= 0.3 is 5.97 Å². The molecule has 1 aliphatic heterocycles. The molecule has 0 fully saturated rings. The molecule has 0 atom stereocenters. The zero-order valence-electron chi connectivity index (χ0n) is 17.0. The summed E-state index contributed by atoms with van der Waals surface area (Å²) in [6, 6.07) is 9.03. The Morgan fingerprint density at radius 1 is 1.13 bits per heavy atom. The van der Waals surface area contributed by atoms with Gasteiger partial charge in [-0.15, -0.1) is 11.3 Å². The van der Waals surface area contributed by atoms with Gasteiger partial charge in [-0.3, -0.25) is 4.79 Å². The fourth-order valence-corrected chi connectivity index (χ4v) is 4.20. The maximum Gasteiger partial charge on any atom is 0.310 e. The van der Waals surface area contributed by atoms with E-state index in [2.05, 4.69) is 4.98 Å². The second-order valence-corrected chi connectivity index (χ2v) is 7.92.